The van der Waals surface area contributed by atoms with Gasteiger partial charge < -0.3 is 24.8 Å². The van der Waals surface area contributed by atoms with Crippen molar-refractivity contribution >= 4 is 40.6 Å². The number of hydrogen-bond donors (Lipinski definition) is 2. The van der Waals surface area contributed by atoms with E-state index >= 15 is 0 Å². The van der Waals surface area contributed by atoms with Gasteiger partial charge in [0.1, 0.15) is 6.04 Å². The molecule has 0 bridgehead atoms. The third-order valence-electron chi connectivity index (χ3n) is 6.83. The minimum absolute atomic E-state index is 0.0422. The van der Waals surface area contributed by atoms with Crippen molar-refractivity contribution < 1.29 is 14.3 Å². The van der Waals surface area contributed by atoms with E-state index in [1.165, 1.54) is 7.11 Å². The number of para-hydroxylation sites is 1. The Morgan fingerprint density at radius 2 is 1.87 bits per heavy atom. The summed E-state index contributed by atoms with van der Waals surface area (Å²) in [6, 6.07) is 22.4. The molecule has 0 saturated carbocycles. The van der Waals surface area contributed by atoms with E-state index in [0.717, 1.165) is 28.3 Å². The van der Waals surface area contributed by atoms with E-state index in [2.05, 4.69) is 20.5 Å². The molecule has 1 aliphatic rings. The fourth-order valence-electron chi connectivity index (χ4n) is 4.93. The van der Waals surface area contributed by atoms with Crippen LogP contribution in [0.1, 0.15) is 52.7 Å². The van der Waals surface area contributed by atoms with E-state index < -0.39 is 5.97 Å². The van der Waals surface area contributed by atoms with E-state index in [0.29, 0.717) is 22.8 Å². The number of carbonyl (C=O) groups is 2. The summed E-state index contributed by atoms with van der Waals surface area (Å²) in [6.45, 7) is 3.78. The second-order valence-corrected chi connectivity index (χ2v) is 9.60. The van der Waals surface area contributed by atoms with Gasteiger partial charge in [-0.25, -0.2) is 4.79 Å². The number of nitrogens with zero attached hydrogens (tertiary/aromatic N) is 3. The lowest BCUT2D eigenvalue weighted by molar-refractivity contribution is -0.115. The number of amides is 1. The van der Waals surface area contributed by atoms with Crippen molar-refractivity contribution in [2.75, 3.05) is 17.3 Å². The second-order valence-electron chi connectivity index (χ2n) is 9.21. The van der Waals surface area contributed by atoms with Gasteiger partial charge in [0.05, 0.1) is 30.1 Å². The maximum absolute atomic E-state index is 12.6. The summed E-state index contributed by atoms with van der Waals surface area (Å²) in [5, 5.41) is 6.98. The Balaban J connectivity index is 1.64. The second kappa shape index (κ2) is 11.1. The third kappa shape index (κ3) is 5.00. The van der Waals surface area contributed by atoms with E-state index in [9.17, 15) is 9.59 Å². The molecule has 5 rings (SSSR count). The average molecular weight is 540 g/mol. The number of aromatic nitrogens is 2. The summed E-state index contributed by atoms with van der Waals surface area (Å²) in [4.78, 5) is 31.4. The number of nitrogens with one attached hydrogen (secondary N) is 2. The fourth-order valence-corrected chi connectivity index (χ4v) is 5.28. The highest BCUT2D eigenvalue weighted by atomic mass is 32.1. The SMILES string of the molecule is CCC(=O)Nc1ccc(N2C(=S)N[C@H](c3ccccn3)[C@@H]2c2cccn2-c2ccccc2C(=O)OC)cc1C. The topological polar surface area (TPSA) is 88.5 Å². The molecule has 8 nitrogen and oxygen atoms in total. The van der Waals surface area contributed by atoms with Crippen LogP contribution in [0.4, 0.5) is 11.4 Å². The van der Waals surface area contributed by atoms with Crippen LogP contribution in [0, 0.1) is 6.92 Å². The van der Waals surface area contributed by atoms with Crippen LogP contribution in [0.5, 0.6) is 0 Å². The van der Waals surface area contributed by atoms with Gasteiger partial charge in [-0.1, -0.05) is 25.1 Å². The first-order valence-corrected chi connectivity index (χ1v) is 13.1. The molecule has 39 heavy (non-hydrogen) atoms. The molecule has 0 radical (unpaired) electrons. The maximum atomic E-state index is 12.6. The summed E-state index contributed by atoms with van der Waals surface area (Å²) >= 11 is 5.90. The van der Waals surface area contributed by atoms with Crippen molar-refractivity contribution in [3.63, 3.8) is 0 Å². The van der Waals surface area contributed by atoms with Gasteiger partial charge in [0.15, 0.2) is 5.11 Å². The van der Waals surface area contributed by atoms with Crippen LogP contribution in [0.3, 0.4) is 0 Å². The van der Waals surface area contributed by atoms with Gasteiger partial charge in [-0.05, 0) is 79.3 Å². The number of thiocarbonyl (C=S) groups is 1. The normalized spacial score (nSPS) is 16.6. The molecule has 0 unspecified atom stereocenters. The first-order valence-electron chi connectivity index (χ1n) is 12.7. The molecule has 0 aliphatic carbocycles. The van der Waals surface area contributed by atoms with Crippen LogP contribution in [-0.2, 0) is 9.53 Å². The standard InChI is InChI=1S/C30H29N5O3S/c1-4-26(36)32-22-15-14-20(18-19(22)2)35-28(27(33-30(35)39)23-11-7-8-16-31-23)25-13-9-17-34(25)24-12-6-5-10-21(24)29(37)38-3/h5-18,27-28H,4H2,1-3H3,(H,32,36)(H,33,39)/t27-,28+/m1/s1. The van der Waals surface area contributed by atoms with Gasteiger partial charge in [0.25, 0.3) is 0 Å². The Kier molecular flexibility index (Phi) is 7.42. The molecule has 0 spiro atoms. The van der Waals surface area contributed by atoms with Crippen LogP contribution >= 0.6 is 12.2 Å². The molecule has 1 fully saturated rings. The smallest absolute Gasteiger partial charge is 0.339 e. The summed E-state index contributed by atoms with van der Waals surface area (Å²) in [5.74, 6) is -0.455. The van der Waals surface area contributed by atoms with Gasteiger partial charge in [0, 0.05) is 35.9 Å². The molecule has 9 heteroatoms. The highest BCUT2D eigenvalue weighted by molar-refractivity contribution is 7.80. The van der Waals surface area contributed by atoms with E-state index in [1.54, 1.807) is 12.3 Å². The minimum Gasteiger partial charge on any atom is -0.465 e. The van der Waals surface area contributed by atoms with Crippen LogP contribution in [-0.4, -0.2) is 33.6 Å². The molecule has 1 saturated heterocycles. The molecule has 4 aromatic rings. The zero-order valence-corrected chi connectivity index (χ0v) is 22.7. The summed E-state index contributed by atoms with van der Waals surface area (Å²) in [6.07, 6.45) is 4.10. The van der Waals surface area contributed by atoms with Crippen molar-refractivity contribution in [3.8, 4) is 5.69 Å². The van der Waals surface area contributed by atoms with E-state index in [4.69, 9.17) is 17.0 Å². The zero-order valence-electron chi connectivity index (χ0n) is 21.9. The minimum atomic E-state index is -0.413. The highest BCUT2D eigenvalue weighted by Gasteiger charge is 2.42. The predicted molar refractivity (Wildman–Crippen MR) is 155 cm³/mol. The predicted octanol–water partition coefficient (Wildman–Crippen LogP) is 5.49. The van der Waals surface area contributed by atoms with Crippen molar-refractivity contribution in [1.82, 2.24) is 14.9 Å². The Morgan fingerprint density at radius 3 is 2.59 bits per heavy atom. The monoisotopic (exact) mass is 539 g/mol. The number of carbonyl (C=O) groups excluding carboxylic acids is 2. The lowest BCUT2D eigenvalue weighted by Crippen LogP contribution is -2.30. The number of aryl methyl sites for hydroxylation is 1. The van der Waals surface area contributed by atoms with Gasteiger partial charge in [0.2, 0.25) is 5.91 Å². The molecule has 1 aliphatic heterocycles. The molecular formula is C30H29N5O3S. The van der Waals surface area contributed by atoms with Crippen molar-refractivity contribution in [1.29, 1.82) is 0 Å². The Bertz CT molecular complexity index is 1530. The number of pyridine rings is 1. The van der Waals surface area contributed by atoms with Crippen LogP contribution < -0.4 is 15.5 Å². The van der Waals surface area contributed by atoms with Crippen molar-refractivity contribution in [2.24, 2.45) is 0 Å². The highest BCUT2D eigenvalue weighted by Crippen LogP contribution is 2.43. The first-order chi connectivity index (χ1) is 18.9. The number of hydrogen-bond acceptors (Lipinski definition) is 5. The lowest BCUT2D eigenvalue weighted by atomic mass is 10.00. The van der Waals surface area contributed by atoms with E-state index in [1.807, 2.05) is 91.3 Å². The van der Waals surface area contributed by atoms with Crippen molar-refractivity contribution in [3.05, 3.63) is 108 Å². The molecule has 1 amide bonds. The number of ether oxygens (including phenoxy) is 1. The molecule has 2 N–H and O–H groups in total. The molecule has 2 atom stereocenters. The third-order valence-corrected chi connectivity index (χ3v) is 7.15. The number of benzene rings is 2. The average Bonchev–Trinajstić information content (AvgIpc) is 3.58. The zero-order chi connectivity index (χ0) is 27.5. The fraction of sp³-hybridized carbons (Fsp3) is 0.200. The Morgan fingerprint density at radius 1 is 1.08 bits per heavy atom. The van der Waals surface area contributed by atoms with Gasteiger partial charge in [-0.15, -0.1) is 0 Å². The molecule has 2 aromatic heterocycles. The van der Waals surface area contributed by atoms with Crippen LogP contribution in [0.2, 0.25) is 0 Å². The first kappa shape index (κ1) is 26.1. The molecular weight excluding hydrogens is 510 g/mol. The number of anilines is 2. The van der Waals surface area contributed by atoms with E-state index in [-0.39, 0.29) is 18.0 Å². The van der Waals surface area contributed by atoms with Crippen LogP contribution in [0.25, 0.3) is 5.69 Å². The Labute approximate surface area is 232 Å². The van der Waals surface area contributed by atoms with Gasteiger partial charge in [-0.2, -0.15) is 0 Å². The van der Waals surface area contributed by atoms with Crippen molar-refractivity contribution in [2.45, 2.75) is 32.4 Å². The maximum Gasteiger partial charge on any atom is 0.339 e. The van der Waals surface area contributed by atoms with Gasteiger partial charge >= 0.3 is 5.97 Å². The lowest BCUT2D eigenvalue weighted by Gasteiger charge is -2.29. The summed E-state index contributed by atoms with van der Waals surface area (Å²) in [5.41, 5.74) is 5.46. The molecule has 198 valence electrons. The number of rotatable bonds is 7. The largest absolute Gasteiger partial charge is 0.465 e. The summed E-state index contributed by atoms with van der Waals surface area (Å²) < 4.78 is 7.06. The molecule has 3 heterocycles. The van der Waals surface area contributed by atoms with Gasteiger partial charge in [-0.3, -0.25) is 9.78 Å². The number of methoxy groups -OCH3 is 1. The van der Waals surface area contributed by atoms with Crippen LogP contribution in [0.15, 0.2) is 85.2 Å². The quantitative estimate of drug-likeness (QED) is 0.237. The number of esters is 1. The molecule has 2 aromatic carbocycles. The summed E-state index contributed by atoms with van der Waals surface area (Å²) in [7, 11) is 1.38. The Hall–Kier alpha value is -4.50.